The summed E-state index contributed by atoms with van der Waals surface area (Å²) in [5.74, 6) is -0.203. The van der Waals surface area contributed by atoms with Gasteiger partial charge in [0.2, 0.25) is 5.91 Å². The highest BCUT2D eigenvalue weighted by molar-refractivity contribution is 5.97. The van der Waals surface area contributed by atoms with E-state index in [9.17, 15) is 14.0 Å². The van der Waals surface area contributed by atoms with Crippen LogP contribution in [0.15, 0.2) is 18.3 Å². The molecule has 1 fully saturated rings. The summed E-state index contributed by atoms with van der Waals surface area (Å²) in [5, 5.41) is 9.99. The molecule has 25 heavy (non-hydrogen) atoms. The van der Waals surface area contributed by atoms with Crippen LogP contribution in [0.4, 0.5) is 15.0 Å². The molecule has 8 nitrogen and oxygen atoms in total. The molecule has 3 rings (SSSR count). The topological polar surface area (TPSA) is 100 Å². The number of amides is 2. The minimum atomic E-state index is -1.27. The van der Waals surface area contributed by atoms with Crippen LogP contribution in [0, 0.1) is 0 Å². The average molecular weight is 349 g/mol. The van der Waals surface area contributed by atoms with Gasteiger partial charge in [-0.2, -0.15) is 5.10 Å². The van der Waals surface area contributed by atoms with E-state index in [1.54, 1.807) is 39.1 Å². The SMILES string of the molecule is CC(C)(C)OC(=O)N1C[C@@H](F)C[C@@H]1C(=O)Nc1ccc2cn[nH]c2n1. The Labute approximate surface area is 143 Å². The summed E-state index contributed by atoms with van der Waals surface area (Å²) in [6.07, 6.45) is -0.434. The summed E-state index contributed by atoms with van der Waals surface area (Å²) in [6, 6.07) is 2.43. The van der Waals surface area contributed by atoms with E-state index in [1.807, 2.05) is 0 Å². The smallest absolute Gasteiger partial charge is 0.411 e. The largest absolute Gasteiger partial charge is 0.444 e. The fraction of sp³-hybridized carbons (Fsp3) is 0.500. The van der Waals surface area contributed by atoms with Gasteiger partial charge in [-0.05, 0) is 32.9 Å². The van der Waals surface area contributed by atoms with Gasteiger partial charge in [0.05, 0.1) is 12.7 Å². The van der Waals surface area contributed by atoms with Gasteiger partial charge in [-0.3, -0.25) is 14.8 Å². The van der Waals surface area contributed by atoms with Crippen molar-refractivity contribution < 1.29 is 18.7 Å². The zero-order valence-electron chi connectivity index (χ0n) is 14.2. The van der Waals surface area contributed by atoms with Crippen molar-refractivity contribution in [3.63, 3.8) is 0 Å². The van der Waals surface area contributed by atoms with E-state index >= 15 is 0 Å². The van der Waals surface area contributed by atoms with Gasteiger partial charge in [-0.1, -0.05) is 0 Å². The van der Waals surface area contributed by atoms with Crippen molar-refractivity contribution in [2.75, 3.05) is 11.9 Å². The van der Waals surface area contributed by atoms with Crippen LogP contribution in [-0.2, 0) is 9.53 Å². The molecule has 134 valence electrons. The number of fused-ring (bicyclic) bond motifs is 1. The highest BCUT2D eigenvalue weighted by Gasteiger charge is 2.41. The average Bonchev–Trinajstić information content (AvgIpc) is 3.11. The third-order valence-electron chi connectivity index (χ3n) is 3.73. The van der Waals surface area contributed by atoms with Gasteiger partial charge >= 0.3 is 6.09 Å². The molecule has 2 N–H and O–H groups in total. The van der Waals surface area contributed by atoms with E-state index in [0.29, 0.717) is 11.5 Å². The number of likely N-dealkylation sites (tertiary alicyclic amines) is 1. The zero-order valence-corrected chi connectivity index (χ0v) is 14.2. The molecule has 0 saturated carbocycles. The highest BCUT2D eigenvalue weighted by Crippen LogP contribution is 2.24. The third kappa shape index (κ3) is 3.86. The molecule has 1 aliphatic rings. The van der Waals surface area contributed by atoms with Gasteiger partial charge in [0, 0.05) is 11.8 Å². The monoisotopic (exact) mass is 349 g/mol. The number of halogens is 1. The molecule has 0 unspecified atom stereocenters. The number of aromatic nitrogens is 3. The molecule has 0 radical (unpaired) electrons. The van der Waals surface area contributed by atoms with Crippen molar-refractivity contribution in [3.05, 3.63) is 18.3 Å². The quantitative estimate of drug-likeness (QED) is 0.866. The van der Waals surface area contributed by atoms with Crippen molar-refractivity contribution >= 4 is 28.9 Å². The first-order valence-electron chi connectivity index (χ1n) is 7.97. The fourth-order valence-electron chi connectivity index (χ4n) is 2.66. The summed E-state index contributed by atoms with van der Waals surface area (Å²) >= 11 is 0. The van der Waals surface area contributed by atoms with Crippen LogP contribution in [0.25, 0.3) is 11.0 Å². The molecular weight excluding hydrogens is 329 g/mol. The zero-order chi connectivity index (χ0) is 18.2. The second-order valence-corrected chi connectivity index (χ2v) is 6.98. The van der Waals surface area contributed by atoms with Gasteiger partial charge < -0.3 is 10.1 Å². The Bertz CT molecular complexity index is 800. The first-order valence-corrected chi connectivity index (χ1v) is 7.97. The second kappa shape index (κ2) is 6.30. The highest BCUT2D eigenvalue weighted by atomic mass is 19.1. The lowest BCUT2D eigenvalue weighted by Crippen LogP contribution is -2.45. The molecule has 2 amide bonds. The van der Waals surface area contributed by atoms with Gasteiger partial charge in [0.15, 0.2) is 5.65 Å². The Morgan fingerprint density at radius 1 is 1.40 bits per heavy atom. The van der Waals surface area contributed by atoms with Crippen LogP contribution in [0.3, 0.4) is 0 Å². The molecule has 0 bridgehead atoms. The lowest BCUT2D eigenvalue weighted by molar-refractivity contribution is -0.120. The van der Waals surface area contributed by atoms with E-state index in [1.165, 1.54) is 0 Å². The third-order valence-corrected chi connectivity index (χ3v) is 3.73. The van der Waals surface area contributed by atoms with Crippen LogP contribution < -0.4 is 5.32 Å². The summed E-state index contributed by atoms with van der Waals surface area (Å²) in [7, 11) is 0. The number of rotatable bonds is 2. The number of alkyl halides is 1. The van der Waals surface area contributed by atoms with E-state index in [2.05, 4.69) is 20.5 Å². The number of anilines is 1. The standard InChI is InChI=1S/C16H20FN5O3/c1-16(2,3)25-15(24)22-8-10(17)6-11(22)14(23)20-12-5-4-9-7-18-21-13(9)19-12/h4-5,7,10-11H,6,8H2,1-3H3,(H2,18,19,20,21,23)/t10-,11+/m0/s1. The number of nitrogens with one attached hydrogen (secondary N) is 2. The van der Waals surface area contributed by atoms with E-state index in [0.717, 1.165) is 10.3 Å². The number of H-pyrrole nitrogens is 1. The first-order chi connectivity index (χ1) is 11.7. The maximum Gasteiger partial charge on any atom is 0.411 e. The van der Waals surface area contributed by atoms with Crippen molar-refractivity contribution in [2.45, 2.75) is 45.0 Å². The fourth-order valence-corrected chi connectivity index (χ4v) is 2.66. The van der Waals surface area contributed by atoms with Gasteiger partial charge in [-0.25, -0.2) is 14.2 Å². The number of carbonyl (C=O) groups excluding carboxylic acids is 2. The summed E-state index contributed by atoms with van der Waals surface area (Å²) < 4.78 is 19.1. The number of nitrogens with zero attached hydrogens (tertiary/aromatic N) is 3. The Morgan fingerprint density at radius 2 is 2.16 bits per heavy atom. The normalized spacial score (nSPS) is 20.7. The number of carbonyl (C=O) groups is 2. The van der Waals surface area contributed by atoms with Crippen molar-refractivity contribution in [3.8, 4) is 0 Å². The minimum absolute atomic E-state index is 0.0720. The first kappa shape index (κ1) is 17.1. The minimum Gasteiger partial charge on any atom is -0.444 e. The molecule has 1 aliphatic heterocycles. The maximum absolute atomic E-state index is 13.8. The van der Waals surface area contributed by atoms with Crippen LogP contribution >= 0.6 is 0 Å². The summed E-state index contributed by atoms with van der Waals surface area (Å²) in [6.45, 7) is 4.98. The molecule has 3 heterocycles. The Morgan fingerprint density at radius 3 is 2.88 bits per heavy atom. The molecule has 2 aromatic rings. The molecule has 9 heteroatoms. The van der Waals surface area contributed by atoms with Gasteiger partial charge in [-0.15, -0.1) is 0 Å². The Balaban J connectivity index is 1.73. The van der Waals surface area contributed by atoms with E-state index in [4.69, 9.17) is 4.74 Å². The van der Waals surface area contributed by atoms with Crippen LogP contribution in [-0.4, -0.2) is 56.4 Å². The van der Waals surface area contributed by atoms with Crippen molar-refractivity contribution in [1.82, 2.24) is 20.1 Å². The predicted molar refractivity (Wildman–Crippen MR) is 88.8 cm³/mol. The maximum atomic E-state index is 13.8. The molecule has 2 aromatic heterocycles. The van der Waals surface area contributed by atoms with Crippen LogP contribution in [0.2, 0.25) is 0 Å². The molecule has 1 saturated heterocycles. The second-order valence-electron chi connectivity index (χ2n) is 6.98. The lowest BCUT2D eigenvalue weighted by Gasteiger charge is -2.27. The lowest BCUT2D eigenvalue weighted by atomic mass is 10.2. The van der Waals surface area contributed by atoms with Gasteiger partial charge in [0.1, 0.15) is 23.6 Å². The number of ether oxygens (including phenoxy) is 1. The molecule has 2 atom stereocenters. The van der Waals surface area contributed by atoms with Crippen molar-refractivity contribution in [1.29, 1.82) is 0 Å². The number of hydrogen-bond acceptors (Lipinski definition) is 5. The van der Waals surface area contributed by atoms with E-state index < -0.39 is 29.8 Å². The Hall–Kier alpha value is -2.71. The predicted octanol–water partition coefficient (Wildman–Crippen LogP) is 2.24. The summed E-state index contributed by atoms with van der Waals surface area (Å²) in [5.41, 5.74) is -0.198. The van der Waals surface area contributed by atoms with Crippen molar-refractivity contribution in [2.24, 2.45) is 0 Å². The number of hydrogen-bond donors (Lipinski definition) is 2. The van der Waals surface area contributed by atoms with E-state index in [-0.39, 0.29) is 13.0 Å². The summed E-state index contributed by atoms with van der Waals surface area (Å²) in [4.78, 5) is 30.1. The molecule has 0 aliphatic carbocycles. The molecule has 0 aromatic carbocycles. The molecule has 0 spiro atoms. The van der Waals surface area contributed by atoms with Crippen LogP contribution in [0.1, 0.15) is 27.2 Å². The Kier molecular flexibility index (Phi) is 4.32. The van der Waals surface area contributed by atoms with Gasteiger partial charge in [0.25, 0.3) is 0 Å². The van der Waals surface area contributed by atoms with Crippen LogP contribution in [0.5, 0.6) is 0 Å². The number of pyridine rings is 1. The number of aromatic amines is 1. The molecular formula is C16H20FN5O3.